The van der Waals surface area contributed by atoms with E-state index in [2.05, 4.69) is 13.8 Å². The van der Waals surface area contributed by atoms with Crippen LogP contribution in [0.5, 0.6) is 0 Å². The van der Waals surface area contributed by atoms with Gasteiger partial charge in [-0.2, -0.15) is 0 Å². The van der Waals surface area contributed by atoms with Crippen LogP contribution >= 0.6 is 0 Å². The van der Waals surface area contributed by atoms with Crippen LogP contribution in [-0.4, -0.2) is 70.5 Å². The molecule has 8 heteroatoms. The lowest BCUT2D eigenvalue weighted by atomic mass is 9.71. The quantitative estimate of drug-likeness (QED) is 0.367. The number of aliphatic hydroxyl groups excluding tert-OH is 1. The van der Waals surface area contributed by atoms with Crippen LogP contribution in [0.15, 0.2) is 47.1 Å². The number of allylic oxidation sites excluding steroid dienone is 2. The fourth-order valence-electron chi connectivity index (χ4n) is 7.02. The summed E-state index contributed by atoms with van der Waals surface area (Å²) in [5, 5.41) is 23.0. The van der Waals surface area contributed by atoms with Crippen molar-refractivity contribution in [1.29, 1.82) is 0 Å². The molecule has 4 aliphatic heterocycles. The standard InChI is InChI=1S/C32H44O8/c1-6-26-18(2)12-13-31(40-26)16-24-15-23(39-31)11-10-20(4)27(33)19(3)8-7-9-22-17-37-29-28(34)21(5)14-25(30(35)38-24)32(22,29)36/h7-10,14,18-19,23-27,29,33,36H,6,11-13,15-17H2,1-5H3/b8-7+,20-10+,22-9+/t18-,19-,23+,24-,25-,26+,27+,29-,31+,32+/m0/s1. The SMILES string of the molecule is CC[C@H]1O[C@]2(CC[C@@H]1C)C[C@@H]1C[C@@H](C/C=C(\C)[C@H](O)[C@@H](C)/C=C/C=C3\CO[C@H]4C(=O)C(C)=C[C@@H](C(=O)O1)[C@]34O)O2. The summed E-state index contributed by atoms with van der Waals surface area (Å²) in [5.74, 6) is -2.67. The highest BCUT2D eigenvalue weighted by Gasteiger charge is 2.60. The van der Waals surface area contributed by atoms with Crippen LogP contribution in [0.1, 0.15) is 73.1 Å². The summed E-state index contributed by atoms with van der Waals surface area (Å²) in [6.45, 7) is 9.78. The van der Waals surface area contributed by atoms with Crippen LogP contribution < -0.4 is 0 Å². The molecule has 40 heavy (non-hydrogen) atoms. The highest BCUT2D eigenvalue weighted by atomic mass is 16.7. The molecule has 5 aliphatic rings. The lowest BCUT2D eigenvalue weighted by Crippen LogP contribution is -2.57. The lowest BCUT2D eigenvalue weighted by Gasteiger charge is -2.49. The Kier molecular flexibility index (Phi) is 8.30. The second kappa shape index (κ2) is 11.3. The minimum absolute atomic E-state index is 0.0187. The highest BCUT2D eigenvalue weighted by Crippen LogP contribution is 2.46. The molecule has 2 bridgehead atoms. The van der Waals surface area contributed by atoms with Gasteiger partial charge in [-0.15, -0.1) is 0 Å². The normalized spacial score (nSPS) is 47.8. The number of fused-ring (bicyclic) bond motifs is 2. The van der Waals surface area contributed by atoms with Gasteiger partial charge in [0.2, 0.25) is 0 Å². The van der Waals surface area contributed by atoms with Crippen molar-refractivity contribution in [2.45, 2.75) is 115 Å². The van der Waals surface area contributed by atoms with Gasteiger partial charge in [-0.25, -0.2) is 0 Å². The van der Waals surface area contributed by atoms with Crippen LogP contribution in [0.25, 0.3) is 0 Å². The first-order valence-electron chi connectivity index (χ1n) is 14.8. The van der Waals surface area contributed by atoms with E-state index in [1.807, 2.05) is 26.0 Å². The van der Waals surface area contributed by atoms with Gasteiger partial charge in [0, 0.05) is 25.2 Å². The molecule has 0 aromatic heterocycles. The third-order valence-electron chi connectivity index (χ3n) is 9.58. The molecule has 0 radical (unpaired) electrons. The number of hydrogen-bond acceptors (Lipinski definition) is 8. The minimum Gasteiger partial charge on any atom is -0.462 e. The van der Waals surface area contributed by atoms with Crippen LogP contribution in [0.3, 0.4) is 0 Å². The smallest absolute Gasteiger partial charge is 0.316 e. The molecular weight excluding hydrogens is 512 g/mol. The van der Waals surface area contributed by atoms with Crippen molar-refractivity contribution in [3.05, 3.63) is 47.1 Å². The van der Waals surface area contributed by atoms with E-state index in [-0.39, 0.29) is 30.5 Å². The first-order chi connectivity index (χ1) is 19.0. The zero-order chi connectivity index (χ0) is 28.8. The van der Waals surface area contributed by atoms with Crippen LogP contribution in [-0.2, 0) is 28.5 Å². The van der Waals surface area contributed by atoms with E-state index < -0.39 is 41.6 Å². The van der Waals surface area contributed by atoms with Crippen LogP contribution in [0.2, 0.25) is 0 Å². The molecule has 0 aromatic carbocycles. The van der Waals surface area contributed by atoms with E-state index in [0.717, 1.165) is 18.4 Å². The maximum absolute atomic E-state index is 13.8. The van der Waals surface area contributed by atoms with Crippen LogP contribution in [0.4, 0.5) is 0 Å². The number of rotatable bonds is 1. The topological polar surface area (TPSA) is 112 Å². The fourth-order valence-corrected chi connectivity index (χ4v) is 7.02. The highest BCUT2D eigenvalue weighted by molar-refractivity contribution is 6.03. The zero-order valence-electron chi connectivity index (χ0n) is 24.3. The van der Waals surface area contributed by atoms with Crippen molar-refractivity contribution in [2.75, 3.05) is 6.61 Å². The molecule has 10 atom stereocenters. The van der Waals surface area contributed by atoms with Crippen molar-refractivity contribution in [3.63, 3.8) is 0 Å². The second-order valence-corrected chi connectivity index (χ2v) is 12.5. The molecule has 1 spiro atoms. The summed E-state index contributed by atoms with van der Waals surface area (Å²) in [5.41, 5.74) is -0.207. The summed E-state index contributed by atoms with van der Waals surface area (Å²) in [6, 6.07) is 0. The number of aliphatic hydroxyl groups is 2. The zero-order valence-corrected chi connectivity index (χ0v) is 24.3. The number of ketones is 1. The Morgan fingerprint density at radius 2 is 1.90 bits per heavy atom. The van der Waals surface area contributed by atoms with Crippen molar-refractivity contribution in [1.82, 2.24) is 0 Å². The third kappa shape index (κ3) is 5.29. The Morgan fingerprint density at radius 3 is 2.65 bits per heavy atom. The molecule has 1 aliphatic carbocycles. The Morgan fingerprint density at radius 1 is 1.12 bits per heavy atom. The second-order valence-electron chi connectivity index (χ2n) is 12.5. The van der Waals surface area contributed by atoms with Gasteiger partial charge in [-0.1, -0.05) is 51.2 Å². The lowest BCUT2D eigenvalue weighted by molar-refractivity contribution is -0.335. The molecule has 3 fully saturated rings. The van der Waals surface area contributed by atoms with Gasteiger partial charge in [0.25, 0.3) is 0 Å². The number of carbonyl (C=O) groups is 2. The molecule has 220 valence electrons. The summed E-state index contributed by atoms with van der Waals surface area (Å²) in [7, 11) is 0. The van der Waals surface area contributed by atoms with Crippen LogP contribution in [0, 0.1) is 17.8 Å². The Labute approximate surface area is 237 Å². The van der Waals surface area contributed by atoms with Gasteiger partial charge in [-0.3, -0.25) is 9.59 Å². The summed E-state index contributed by atoms with van der Waals surface area (Å²) < 4.78 is 25.2. The van der Waals surface area contributed by atoms with E-state index in [1.165, 1.54) is 6.08 Å². The van der Waals surface area contributed by atoms with Gasteiger partial charge >= 0.3 is 5.97 Å². The fraction of sp³-hybridized carbons (Fsp3) is 0.688. The van der Waals surface area contributed by atoms with E-state index in [1.54, 1.807) is 19.1 Å². The van der Waals surface area contributed by atoms with Crippen molar-refractivity contribution >= 4 is 11.8 Å². The van der Waals surface area contributed by atoms with Crippen molar-refractivity contribution in [2.24, 2.45) is 17.8 Å². The predicted octanol–water partition coefficient (Wildman–Crippen LogP) is 4.10. The number of Topliss-reactive ketones (excluding diaryl/α,β-unsaturated/α-hetero) is 1. The molecule has 2 N–H and O–H groups in total. The van der Waals surface area contributed by atoms with E-state index in [4.69, 9.17) is 18.9 Å². The third-order valence-corrected chi connectivity index (χ3v) is 9.58. The van der Waals surface area contributed by atoms with E-state index >= 15 is 0 Å². The maximum Gasteiger partial charge on any atom is 0.316 e. The summed E-state index contributed by atoms with van der Waals surface area (Å²) >= 11 is 0. The first kappa shape index (κ1) is 29.4. The summed E-state index contributed by atoms with van der Waals surface area (Å²) in [6.07, 6.45) is 10.2. The molecule has 0 amide bonds. The van der Waals surface area contributed by atoms with Gasteiger partial charge < -0.3 is 29.2 Å². The number of esters is 1. The van der Waals surface area contributed by atoms with Crippen molar-refractivity contribution < 1.29 is 38.7 Å². The van der Waals surface area contributed by atoms with E-state index in [9.17, 15) is 19.8 Å². The summed E-state index contributed by atoms with van der Waals surface area (Å²) in [4.78, 5) is 26.8. The predicted molar refractivity (Wildman–Crippen MR) is 148 cm³/mol. The van der Waals surface area contributed by atoms with Gasteiger partial charge in [0.05, 0.1) is 24.9 Å². The Bertz CT molecular complexity index is 1140. The number of ether oxygens (including phenoxy) is 4. The first-order valence-corrected chi connectivity index (χ1v) is 14.8. The monoisotopic (exact) mass is 556 g/mol. The number of carbonyl (C=O) groups excluding carboxylic acids is 2. The van der Waals surface area contributed by atoms with Gasteiger partial charge in [-0.05, 0) is 55.7 Å². The van der Waals surface area contributed by atoms with Gasteiger partial charge in [0.1, 0.15) is 17.6 Å². The molecular formula is C32H44O8. The molecule has 8 nitrogen and oxygen atoms in total. The molecule has 0 unspecified atom stereocenters. The number of hydrogen-bond donors (Lipinski definition) is 2. The maximum atomic E-state index is 13.8. The average molecular weight is 557 g/mol. The minimum atomic E-state index is -1.85. The Balaban J connectivity index is 1.54. The average Bonchev–Trinajstić information content (AvgIpc) is 3.26. The molecule has 3 saturated heterocycles. The molecule has 0 saturated carbocycles. The molecule has 0 aromatic rings. The molecule has 5 rings (SSSR count). The largest absolute Gasteiger partial charge is 0.462 e. The van der Waals surface area contributed by atoms with E-state index in [0.29, 0.717) is 42.7 Å². The van der Waals surface area contributed by atoms with Gasteiger partial charge in [0.15, 0.2) is 17.7 Å². The molecule has 4 heterocycles. The Hall–Kier alpha value is -2.10. The van der Waals surface area contributed by atoms with Crippen molar-refractivity contribution in [3.8, 4) is 0 Å².